The third kappa shape index (κ3) is 4.33. The topological polar surface area (TPSA) is 86.9 Å². The Hall–Kier alpha value is -1.60. The second-order valence-corrected chi connectivity index (χ2v) is 7.46. The van der Waals surface area contributed by atoms with E-state index in [1.54, 1.807) is 11.0 Å². The van der Waals surface area contributed by atoms with Crippen molar-refractivity contribution in [1.82, 2.24) is 15.0 Å². The van der Waals surface area contributed by atoms with Gasteiger partial charge in [0.25, 0.3) is 0 Å². The number of rotatable bonds is 5. The Labute approximate surface area is 151 Å². The van der Waals surface area contributed by atoms with Crippen LogP contribution in [0.25, 0.3) is 0 Å². The fourth-order valence-corrected chi connectivity index (χ4v) is 4.13. The molecular formula is C17H24ClN3O4. The Kier molecular flexibility index (Phi) is 5.64. The quantitative estimate of drug-likeness (QED) is 0.849. The lowest BCUT2D eigenvalue weighted by atomic mass is 9.73. The minimum Gasteiger partial charge on any atom is -0.395 e. The number of carbonyl (C=O) groups excluding carboxylic acids is 2. The number of nitrogens with zero attached hydrogens (tertiary/aromatic N) is 3. The van der Waals surface area contributed by atoms with Crippen LogP contribution in [0.2, 0.25) is 5.15 Å². The van der Waals surface area contributed by atoms with Gasteiger partial charge in [-0.1, -0.05) is 16.8 Å². The first-order valence-electron chi connectivity index (χ1n) is 8.79. The third-order valence-electron chi connectivity index (χ3n) is 5.25. The minimum absolute atomic E-state index is 0.0236. The Morgan fingerprint density at radius 3 is 2.96 bits per heavy atom. The molecule has 3 heterocycles. The molecule has 2 fully saturated rings. The minimum atomic E-state index is -0.0352. The molecule has 0 bridgehead atoms. The highest BCUT2D eigenvalue weighted by Crippen LogP contribution is 2.39. The van der Waals surface area contributed by atoms with Crippen molar-refractivity contribution >= 4 is 23.4 Å². The van der Waals surface area contributed by atoms with Crippen LogP contribution in [-0.4, -0.2) is 64.7 Å². The Morgan fingerprint density at radius 2 is 2.24 bits per heavy atom. The molecule has 7 nitrogen and oxygen atoms in total. The van der Waals surface area contributed by atoms with E-state index >= 15 is 0 Å². The van der Waals surface area contributed by atoms with Gasteiger partial charge < -0.3 is 19.4 Å². The summed E-state index contributed by atoms with van der Waals surface area (Å²) in [5, 5.41) is 13.1. The van der Waals surface area contributed by atoms with E-state index in [2.05, 4.69) is 5.16 Å². The molecule has 2 aliphatic rings. The number of halogens is 1. The SMILES string of the molecule is O=C1CCC2(CCCN(C(=O)CCc3cc(Cl)no3)C2)CN1CCO. The van der Waals surface area contributed by atoms with E-state index in [0.717, 1.165) is 25.8 Å². The van der Waals surface area contributed by atoms with Crippen LogP contribution in [-0.2, 0) is 16.0 Å². The maximum absolute atomic E-state index is 12.6. The summed E-state index contributed by atoms with van der Waals surface area (Å²) in [5.41, 5.74) is -0.0352. The molecule has 8 heteroatoms. The van der Waals surface area contributed by atoms with Gasteiger partial charge in [0, 0.05) is 56.9 Å². The first-order chi connectivity index (χ1) is 12.0. The Bertz CT molecular complexity index is 635. The highest BCUT2D eigenvalue weighted by molar-refractivity contribution is 6.29. The van der Waals surface area contributed by atoms with E-state index in [1.165, 1.54) is 0 Å². The average Bonchev–Trinajstić information content (AvgIpc) is 3.02. The van der Waals surface area contributed by atoms with Crippen LogP contribution >= 0.6 is 11.6 Å². The summed E-state index contributed by atoms with van der Waals surface area (Å²) in [4.78, 5) is 28.2. The van der Waals surface area contributed by atoms with Gasteiger partial charge in [-0.15, -0.1) is 0 Å². The smallest absolute Gasteiger partial charge is 0.223 e. The molecule has 1 aromatic heterocycles. The number of aryl methyl sites for hydroxylation is 1. The highest BCUT2D eigenvalue weighted by Gasteiger charge is 2.42. The molecule has 0 saturated carbocycles. The van der Waals surface area contributed by atoms with E-state index in [0.29, 0.717) is 49.8 Å². The van der Waals surface area contributed by atoms with Gasteiger partial charge in [-0.2, -0.15) is 0 Å². The number of β-amino-alcohol motifs (C(OH)–C–C–N with tert-alkyl or cyclic N) is 1. The molecule has 1 atom stereocenters. The summed E-state index contributed by atoms with van der Waals surface area (Å²) in [6.07, 6.45) is 4.12. The molecule has 3 rings (SSSR count). The van der Waals surface area contributed by atoms with Crippen molar-refractivity contribution in [3.05, 3.63) is 17.0 Å². The van der Waals surface area contributed by atoms with Gasteiger partial charge in [0.05, 0.1) is 6.61 Å². The molecule has 2 aliphatic heterocycles. The van der Waals surface area contributed by atoms with Crippen molar-refractivity contribution in [1.29, 1.82) is 0 Å². The first-order valence-corrected chi connectivity index (χ1v) is 9.17. The largest absolute Gasteiger partial charge is 0.395 e. The van der Waals surface area contributed by atoms with Crippen LogP contribution in [0, 0.1) is 5.41 Å². The molecule has 1 unspecified atom stereocenters. The van der Waals surface area contributed by atoms with Gasteiger partial charge in [0.1, 0.15) is 5.76 Å². The van der Waals surface area contributed by atoms with Crippen molar-refractivity contribution in [3.63, 3.8) is 0 Å². The maximum atomic E-state index is 12.6. The van der Waals surface area contributed by atoms with Gasteiger partial charge in [0.2, 0.25) is 11.8 Å². The molecular weight excluding hydrogens is 346 g/mol. The maximum Gasteiger partial charge on any atom is 0.223 e. The number of hydrogen-bond donors (Lipinski definition) is 1. The zero-order valence-corrected chi connectivity index (χ0v) is 15.0. The normalized spacial score (nSPS) is 24.2. The number of hydrogen-bond acceptors (Lipinski definition) is 5. The lowest BCUT2D eigenvalue weighted by molar-refractivity contribution is -0.143. The number of likely N-dealkylation sites (tertiary alicyclic amines) is 2. The van der Waals surface area contributed by atoms with Crippen LogP contribution in [0.4, 0.5) is 0 Å². The van der Waals surface area contributed by atoms with Crippen molar-refractivity contribution in [2.75, 3.05) is 32.8 Å². The molecule has 2 saturated heterocycles. The molecule has 1 N–H and O–H groups in total. The lowest BCUT2D eigenvalue weighted by Gasteiger charge is -2.48. The molecule has 1 aromatic rings. The summed E-state index contributed by atoms with van der Waals surface area (Å²) >= 11 is 5.72. The van der Waals surface area contributed by atoms with Crippen molar-refractivity contribution < 1.29 is 19.2 Å². The van der Waals surface area contributed by atoms with Crippen LogP contribution in [0.5, 0.6) is 0 Å². The first kappa shape index (κ1) is 18.2. The molecule has 2 amide bonds. The zero-order chi connectivity index (χ0) is 17.9. The van der Waals surface area contributed by atoms with E-state index in [1.807, 2.05) is 4.90 Å². The number of aliphatic hydroxyl groups is 1. The van der Waals surface area contributed by atoms with E-state index < -0.39 is 0 Å². The van der Waals surface area contributed by atoms with Crippen LogP contribution in [0.15, 0.2) is 10.6 Å². The number of aliphatic hydroxyl groups excluding tert-OH is 1. The summed E-state index contributed by atoms with van der Waals surface area (Å²) in [5.74, 6) is 0.810. The molecule has 0 radical (unpaired) electrons. The predicted octanol–water partition coefficient (Wildman–Crippen LogP) is 1.48. The fourth-order valence-electron chi connectivity index (χ4n) is 3.97. The van der Waals surface area contributed by atoms with Crippen LogP contribution in [0.1, 0.15) is 37.9 Å². The van der Waals surface area contributed by atoms with Gasteiger partial charge >= 0.3 is 0 Å². The molecule has 0 aliphatic carbocycles. The summed E-state index contributed by atoms with van der Waals surface area (Å²) in [6, 6.07) is 1.63. The van der Waals surface area contributed by atoms with Gasteiger partial charge in [-0.05, 0) is 19.3 Å². The highest BCUT2D eigenvalue weighted by atomic mass is 35.5. The van der Waals surface area contributed by atoms with Crippen molar-refractivity contribution in [3.8, 4) is 0 Å². The monoisotopic (exact) mass is 369 g/mol. The van der Waals surface area contributed by atoms with Crippen molar-refractivity contribution in [2.45, 2.75) is 38.5 Å². The second-order valence-electron chi connectivity index (χ2n) is 7.07. The van der Waals surface area contributed by atoms with Crippen LogP contribution in [0.3, 0.4) is 0 Å². The lowest BCUT2D eigenvalue weighted by Crippen LogP contribution is -2.55. The third-order valence-corrected chi connectivity index (χ3v) is 5.43. The number of aromatic nitrogens is 1. The van der Waals surface area contributed by atoms with Gasteiger partial charge in [-0.3, -0.25) is 9.59 Å². The average molecular weight is 370 g/mol. The standard InChI is InChI=1S/C17H24ClN3O4/c18-14-10-13(25-19-14)2-3-15(23)20-7-1-5-17(11-20)6-4-16(24)21(12-17)8-9-22/h10,22H,1-9,11-12H2. The van der Waals surface area contributed by atoms with Gasteiger partial charge in [-0.25, -0.2) is 0 Å². The Morgan fingerprint density at radius 1 is 1.40 bits per heavy atom. The molecule has 0 aromatic carbocycles. The molecule has 25 heavy (non-hydrogen) atoms. The number of carbonyl (C=O) groups is 2. The second kappa shape index (κ2) is 7.74. The molecule has 1 spiro atoms. The number of amides is 2. The fraction of sp³-hybridized carbons (Fsp3) is 0.706. The van der Waals surface area contributed by atoms with E-state index in [4.69, 9.17) is 21.2 Å². The summed E-state index contributed by atoms with van der Waals surface area (Å²) < 4.78 is 5.04. The zero-order valence-electron chi connectivity index (χ0n) is 14.2. The summed E-state index contributed by atoms with van der Waals surface area (Å²) in [6.45, 7) is 2.42. The van der Waals surface area contributed by atoms with E-state index in [9.17, 15) is 9.59 Å². The molecule has 138 valence electrons. The summed E-state index contributed by atoms with van der Waals surface area (Å²) in [7, 11) is 0. The van der Waals surface area contributed by atoms with Gasteiger partial charge in [0.15, 0.2) is 5.15 Å². The van der Waals surface area contributed by atoms with Crippen molar-refractivity contribution in [2.24, 2.45) is 5.41 Å². The Balaban J connectivity index is 1.58. The predicted molar refractivity (Wildman–Crippen MR) is 91.0 cm³/mol. The van der Waals surface area contributed by atoms with E-state index in [-0.39, 0.29) is 23.8 Å². The number of piperidine rings is 2. The van der Waals surface area contributed by atoms with Crippen LogP contribution < -0.4 is 0 Å².